The van der Waals surface area contributed by atoms with E-state index < -0.39 is 11.2 Å². The van der Waals surface area contributed by atoms with E-state index >= 15 is 0 Å². The molecule has 0 aliphatic heterocycles. The van der Waals surface area contributed by atoms with Gasteiger partial charge in [-0.3, -0.25) is 9.59 Å². The predicted molar refractivity (Wildman–Crippen MR) is 168 cm³/mol. The van der Waals surface area contributed by atoms with E-state index in [1.807, 2.05) is 135 Å². The molecule has 0 bridgehead atoms. The van der Waals surface area contributed by atoms with Crippen molar-refractivity contribution >= 4 is 11.9 Å². The first kappa shape index (κ1) is 30.8. The Morgan fingerprint density at radius 1 is 0.429 bits per heavy atom. The maximum atomic E-state index is 12.9. The molecule has 4 heteroatoms. The van der Waals surface area contributed by atoms with Gasteiger partial charge in [-0.05, 0) is 48.9 Å². The molecule has 4 rings (SSSR count). The van der Waals surface area contributed by atoms with Crippen LogP contribution in [0.3, 0.4) is 0 Å². The molecule has 0 aliphatic rings. The van der Waals surface area contributed by atoms with Gasteiger partial charge in [-0.2, -0.15) is 0 Å². The van der Waals surface area contributed by atoms with Crippen molar-refractivity contribution in [3.05, 3.63) is 144 Å². The summed E-state index contributed by atoms with van der Waals surface area (Å²) in [6.45, 7) is 3.92. The highest BCUT2D eigenvalue weighted by Crippen LogP contribution is 2.35. The van der Waals surface area contributed by atoms with Crippen molar-refractivity contribution < 1.29 is 19.1 Å². The minimum absolute atomic E-state index is 0.187. The van der Waals surface area contributed by atoms with Crippen LogP contribution in [0.2, 0.25) is 0 Å². The summed E-state index contributed by atoms with van der Waals surface area (Å²) in [5.74, 6) is -0.374. The Morgan fingerprint density at radius 2 is 0.667 bits per heavy atom. The van der Waals surface area contributed by atoms with Gasteiger partial charge >= 0.3 is 11.9 Å². The van der Waals surface area contributed by atoms with Crippen molar-refractivity contribution in [3.8, 4) is 0 Å². The maximum absolute atomic E-state index is 12.9. The van der Waals surface area contributed by atoms with Crippen LogP contribution in [0, 0.1) is 0 Å². The minimum Gasteiger partial charge on any atom is -0.450 e. The summed E-state index contributed by atoms with van der Waals surface area (Å²) in [7, 11) is 0. The first-order valence-electron chi connectivity index (χ1n) is 15.1. The monoisotopic (exact) mass is 562 g/mol. The van der Waals surface area contributed by atoms with Crippen LogP contribution in [0.4, 0.5) is 0 Å². The van der Waals surface area contributed by atoms with E-state index in [4.69, 9.17) is 9.47 Å². The van der Waals surface area contributed by atoms with E-state index in [1.165, 1.54) is 0 Å². The molecule has 0 fully saturated rings. The Kier molecular flexibility index (Phi) is 11.1. The molecule has 4 aromatic rings. The number of hydrogen-bond acceptors (Lipinski definition) is 4. The third-order valence-corrected chi connectivity index (χ3v) is 7.95. The number of benzene rings is 4. The molecular weight excluding hydrogens is 520 g/mol. The molecule has 0 radical (unpaired) electrons. The number of carbonyl (C=O) groups excluding carboxylic acids is 2. The van der Waals surface area contributed by atoms with Crippen LogP contribution in [-0.4, -0.2) is 11.9 Å². The average Bonchev–Trinajstić information content (AvgIpc) is 3.04. The fraction of sp³-hybridized carbons (Fsp3) is 0.316. The van der Waals surface area contributed by atoms with Crippen molar-refractivity contribution in [3.63, 3.8) is 0 Å². The first-order valence-corrected chi connectivity index (χ1v) is 15.1. The zero-order valence-corrected chi connectivity index (χ0v) is 24.8. The van der Waals surface area contributed by atoms with Gasteiger partial charge in [-0.1, -0.05) is 147 Å². The molecule has 0 saturated heterocycles. The number of rotatable bonds is 15. The van der Waals surface area contributed by atoms with Crippen LogP contribution < -0.4 is 0 Å². The fourth-order valence-corrected chi connectivity index (χ4v) is 5.40. The maximum Gasteiger partial charge on any atom is 0.307 e. The van der Waals surface area contributed by atoms with Gasteiger partial charge in [-0.25, -0.2) is 0 Å². The van der Waals surface area contributed by atoms with E-state index in [0.717, 1.165) is 60.8 Å². The molecule has 0 heterocycles. The Morgan fingerprint density at radius 3 is 0.929 bits per heavy atom. The summed E-state index contributed by atoms with van der Waals surface area (Å²) in [6.07, 6.45) is 6.28. The lowest BCUT2D eigenvalue weighted by atomic mass is 9.88. The van der Waals surface area contributed by atoms with Gasteiger partial charge in [0.25, 0.3) is 0 Å². The number of unbranched alkanes of at least 4 members (excludes halogenated alkanes) is 5. The lowest BCUT2D eigenvalue weighted by Crippen LogP contribution is -2.30. The van der Waals surface area contributed by atoms with Crippen molar-refractivity contribution in [1.29, 1.82) is 0 Å². The Labute approximate surface area is 250 Å². The number of esters is 2. The Balaban J connectivity index is 1.17. The normalized spacial score (nSPS) is 11.6. The van der Waals surface area contributed by atoms with Crippen molar-refractivity contribution in [1.82, 2.24) is 0 Å². The Hall–Kier alpha value is -4.18. The molecule has 0 spiro atoms. The number of hydrogen-bond donors (Lipinski definition) is 0. The molecule has 42 heavy (non-hydrogen) atoms. The molecule has 0 aliphatic carbocycles. The van der Waals surface area contributed by atoms with Gasteiger partial charge in [0.1, 0.15) is 0 Å². The van der Waals surface area contributed by atoms with E-state index in [-0.39, 0.29) is 11.9 Å². The van der Waals surface area contributed by atoms with Gasteiger partial charge in [-0.15, -0.1) is 0 Å². The molecule has 4 aromatic carbocycles. The smallest absolute Gasteiger partial charge is 0.307 e. The summed E-state index contributed by atoms with van der Waals surface area (Å²) < 4.78 is 12.2. The van der Waals surface area contributed by atoms with Crippen LogP contribution in [0.1, 0.15) is 87.5 Å². The van der Waals surface area contributed by atoms with Crippen LogP contribution in [-0.2, 0) is 30.3 Å². The highest BCUT2D eigenvalue weighted by molar-refractivity contribution is 5.71. The van der Waals surface area contributed by atoms with Crippen LogP contribution in [0.15, 0.2) is 121 Å². The quantitative estimate of drug-likeness (QED) is 0.107. The van der Waals surface area contributed by atoms with Crippen LogP contribution >= 0.6 is 0 Å². The van der Waals surface area contributed by atoms with Gasteiger partial charge in [0, 0.05) is 12.8 Å². The summed E-state index contributed by atoms with van der Waals surface area (Å²) >= 11 is 0. The molecule has 4 nitrogen and oxygen atoms in total. The highest BCUT2D eigenvalue weighted by Gasteiger charge is 2.34. The molecule has 0 unspecified atom stereocenters. The average molecular weight is 563 g/mol. The summed E-state index contributed by atoms with van der Waals surface area (Å²) in [5.41, 5.74) is 2.16. The molecule has 0 aromatic heterocycles. The van der Waals surface area contributed by atoms with Gasteiger partial charge in [0.05, 0.1) is 0 Å². The lowest BCUT2D eigenvalue weighted by molar-refractivity contribution is -0.156. The predicted octanol–water partition coefficient (Wildman–Crippen LogP) is 9.12. The first-order chi connectivity index (χ1) is 20.4. The van der Waals surface area contributed by atoms with E-state index in [9.17, 15) is 9.59 Å². The largest absolute Gasteiger partial charge is 0.450 e. The summed E-state index contributed by atoms with van der Waals surface area (Å²) in [5, 5.41) is 0. The zero-order chi connectivity index (χ0) is 29.7. The second-order valence-electron chi connectivity index (χ2n) is 11.1. The summed E-state index contributed by atoms with van der Waals surface area (Å²) in [6, 6.07) is 39.6. The molecule has 0 N–H and O–H groups in total. The van der Waals surface area contributed by atoms with E-state index in [2.05, 4.69) is 0 Å². The van der Waals surface area contributed by atoms with Gasteiger partial charge in [0.2, 0.25) is 0 Å². The number of ether oxygens (including phenoxy) is 2. The minimum atomic E-state index is -0.828. The van der Waals surface area contributed by atoms with Gasteiger partial charge in [0.15, 0.2) is 11.2 Å². The molecule has 0 atom stereocenters. The SMILES string of the molecule is CC(OC(=O)CCCCCCCCC(=O)OC(C)(c1ccccc1)c1ccccc1)(c1ccccc1)c1ccccc1. The van der Waals surface area contributed by atoms with Crippen molar-refractivity contribution in [2.45, 2.75) is 76.4 Å². The standard InChI is InChI=1S/C38H42O4/c1-37(31-21-11-7-12-22-31,32-23-13-8-14-24-32)41-35(39)29-19-5-3-4-6-20-30-36(40)42-38(2,33-25-15-9-16-26-33)34-27-17-10-18-28-34/h7-18,21-28H,3-6,19-20,29-30H2,1-2H3. The van der Waals surface area contributed by atoms with Crippen molar-refractivity contribution in [2.75, 3.05) is 0 Å². The van der Waals surface area contributed by atoms with Gasteiger partial charge < -0.3 is 9.47 Å². The van der Waals surface area contributed by atoms with E-state index in [0.29, 0.717) is 12.8 Å². The lowest BCUT2D eigenvalue weighted by Gasteiger charge is -2.31. The topological polar surface area (TPSA) is 52.6 Å². The number of carbonyl (C=O) groups is 2. The second kappa shape index (κ2) is 15.2. The molecule has 0 amide bonds. The molecular formula is C38H42O4. The Bertz CT molecular complexity index is 1180. The third kappa shape index (κ3) is 8.19. The van der Waals surface area contributed by atoms with Crippen LogP contribution in [0.5, 0.6) is 0 Å². The second-order valence-corrected chi connectivity index (χ2v) is 11.1. The molecule has 0 saturated carbocycles. The van der Waals surface area contributed by atoms with Crippen LogP contribution in [0.25, 0.3) is 0 Å². The fourth-order valence-electron chi connectivity index (χ4n) is 5.40. The van der Waals surface area contributed by atoms with E-state index in [1.54, 1.807) is 0 Å². The highest BCUT2D eigenvalue weighted by atomic mass is 16.6. The summed E-state index contributed by atoms with van der Waals surface area (Å²) in [4.78, 5) is 25.7. The molecule has 218 valence electrons. The van der Waals surface area contributed by atoms with Crippen molar-refractivity contribution in [2.24, 2.45) is 0 Å². The zero-order valence-electron chi connectivity index (χ0n) is 24.8. The third-order valence-electron chi connectivity index (χ3n) is 7.95.